The number of likely N-dealkylation sites (tertiary alicyclic amines) is 1. The summed E-state index contributed by atoms with van der Waals surface area (Å²) in [5.41, 5.74) is 0. The molecule has 1 atom stereocenters. The van der Waals surface area contributed by atoms with Crippen molar-refractivity contribution in [1.82, 2.24) is 15.5 Å². The van der Waals surface area contributed by atoms with E-state index in [9.17, 15) is 0 Å². The van der Waals surface area contributed by atoms with Gasteiger partial charge >= 0.3 is 0 Å². The normalized spacial score (nSPS) is 23.9. The second kappa shape index (κ2) is 9.05. The number of aliphatic imine (C=N–C) groups is 1. The Hall–Kier alpha value is -1.07. The van der Waals surface area contributed by atoms with Crippen LogP contribution in [0.5, 0.6) is 0 Å². The summed E-state index contributed by atoms with van der Waals surface area (Å²) in [4.78, 5) is 7.31. The Morgan fingerprint density at radius 1 is 1.38 bits per heavy atom. The van der Waals surface area contributed by atoms with E-state index in [1.54, 1.807) is 7.11 Å². The summed E-state index contributed by atoms with van der Waals surface area (Å²) in [6, 6.07) is 1.08. The van der Waals surface area contributed by atoms with Crippen LogP contribution in [0.4, 0.5) is 0 Å². The molecule has 0 aromatic rings. The van der Waals surface area contributed by atoms with Crippen LogP contribution < -0.4 is 10.6 Å². The second-order valence-corrected chi connectivity index (χ2v) is 5.83. The van der Waals surface area contributed by atoms with Crippen molar-refractivity contribution in [2.24, 2.45) is 4.99 Å². The maximum Gasteiger partial charge on any atom is 0.191 e. The first-order valence-electron chi connectivity index (χ1n) is 8.26. The van der Waals surface area contributed by atoms with E-state index in [2.05, 4.69) is 34.6 Å². The third kappa shape index (κ3) is 5.32. The fourth-order valence-electron chi connectivity index (χ4n) is 3.05. The van der Waals surface area contributed by atoms with E-state index in [-0.39, 0.29) is 0 Å². The van der Waals surface area contributed by atoms with Crippen LogP contribution in [0.3, 0.4) is 0 Å². The summed E-state index contributed by atoms with van der Waals surface area (Å²) in [5.74, 6) is 0.963. The summed E-state index contributed by atoms with van der Waals surface area (Å²) < 4.78 is 5.20. The van der Waals surface area contributed by atoms with E-state index in [4.69, 9.17) is 9.73 Å². The SMILES string of the molecule is CCNC(=NCC1CCCN1CCOC)NC1CC=CC1. The van der Waals surface area contributed by atoms with Gasteiger partial charge in [0.05, 0.1) is 13.2 Å². The number of methoxy groups -OCH3 is 1. The first-order chi connectivity index (χ1) is 10.3. The lowest BCUT2D eigenvalue weighted by atomic mass is 10.2. The second-order valence-electron chi connectivity index (χ2n) is 5.83. The summed E-state index contributed by atoms with van der Waals surface area (Å²) in [5, 5.41) is 6.89. The fraction of sp³-hybridized carbons (Fsp3) is 0.812. The zero-order chi connectivity index (χ0) is 14.9. The average Bonchev–Trinajstić information content (AvgIpc) is 3.14. The van der Waals surface area contributed by atoms with Crippen molar-refractivity contribution in [3.8, 4) is 0 Å². The van der Waals surface area contributed by atoms with Gasteiger partial charge in [0.1, 0.15) is 0 Å². The van der Waals surface area contributed by atoms with Crippen molar-refractivity contribution in [3.05, 3.63) is 12.2 Å². The Morgan fingerprint density at radius 2 is 2.19 bits per heavy atom. The Balaban J connectivity index is 1.82. The number of hydrogen-bond acceptors (Lipinski definition) is 3. The van der Waals surface area contributed by atoms with Gasteiger partial charge in [0.15, 0.2) is 5.96 Å². The van der Waals surface area contributed by atoms with Crippen LogP contribution in [-0.4, -0.2) is 62.8 Å². The summed E-state index contributed by atoms with van der Waals surface area (Å²) in [6.45, 7) is 6.91. The van der Waals surface area contributed by atoms with Crippen LogP contribution >= 0.6 is 0 Å². The largest absolute Gasteiger partial charge is 0.383 e. The molecule has 120 valence electrons. The molecule has 1 saturated heterocycles. The van der Waals surface area contributed by atoms with Gasteiger partial charge in [-0.1, -0.05) is 12.2 Å². The third-order valence-electron chi connectivity index (χ3n) is 4.23. The van der Waals surface area contributed by atoms with E-state index in [0.717, 1.165) is 45.0 Å². The highest BCUT2D eigenvalue weighted by atomic mass is 16.5. The molecular weight excluding hydrogens is 264 g/mol. The lowest BCUT2D eigenvalue weighted by Gasteiger charge is -2.23. The lowest BCUT2D eigenvalue weighted by Crippen LogP contribution is -2.43. The molecule has 1 heterocycles. The molecule has 1 unspecified atom stereocenters. The number of hydrogen-bond donors (Lipinski definition) is 2. The minimum Gasteiger partial charge on any atom is -0.383 e. The standard InChI is InChI=1S/C16H30N4O/c1-3-17-16(19-14-7-4-5-8-14)18-13-15-9-6-10-20(15)11-12-21-2/h4-5,14-15H,3,6-13H2,1-2H3,(H2,17,18,19). The molecule has 0 amide bonds. The highest BCUT2D eigenvalue weighted by Crippen LogP contribution is 2.17. The van der Waals surface area contributed by atoms with E-state index >= 15 is 0 Å². The minimum absolute atomic E-state index is 0.510. The molecular formula is C16H30N4O. The number of ether oxygens (including phenoxy) is 1. The lowest BCUT2D eigenvalue weighted by molar-refractivity contribution is 0.142. The molecule has 0 bridgehead atoms. The van der Waals surface area contributed by atoms with Crippen molar-refractivity contribution < 1.29 is 4.74 Å². The Morgan fingerprint density at radius 3 is 2.90 bits per heavy atom. The molecule has 0 radical (unpaired) electrons. The van der Waals surface area contributed by atoms with E-state index in [1.807, 2.05) is 0 Å². The average molecular weight is 294 g/mol. The van der Waals surface area contributed by atoms with E-state index in [0.29, 0.717) is 12.1 Å². The molecule has 0 saturated carbocycles. The molecule has 5 heteroatoms. The number of nitrogens with one attached hydrogen (secondary N) is 2. The smallest absolute Gasteiger partial charge is 0.191 e. The molecule has 1 aliphatic heterocycles. The zero-order valence-electron chi connectivity index (χ0n) is 13.5. The molecule has 21 heavy (non-hydrogen) atoms. The molecule has 0 aromatic carbocycles. The fourth-order valence-corrected chi connectivity index (χ4v) is 3.05. The molecule has 0 spiro atoms. The van der Waals surface area contributed by atoms with Crippen LogP contribution in [0.25, 0.3) is 0 Å². The van der Waals surface area contributed by atoms with Gasteiger partial charge < -0.3 is 15.4 Å². The molecule has 2 N–H and O–H groups in total. The van der Waals surface area contributed by atoms with Gasteiger partial charge in [-0.05, 0) is 39.2 Å². The quantitative estimate of drug-likeness (QED) is 0.423. The highest BCUT2D eigenvalue weighted by Gasteiger charge is 2.23. The first kappa shape index (κ1) is 16.3. The maximum atomic E-state index is 5.20. The molecule has 5 nitrogen and oxygen atoms in total. The van der Waals surface area contributed by atoms with Crippen molar-refractivity contribution >= 4 is 5.96 Å². The minimum atomic E-state index is 0.510. The van der Waals surface area contributed by atoms with Gasteiger partial charge in [-0.3, -0.25) is 9.89 Å². The number of nitrogens with zero attached hydrogens (tertiary/aromatic N) is 2. The van der Waals surface area contributed by atoms with Crippen LogP contribution in [0, 0.1) is 0 Å². The van der Waals surface area contributed by atoms with Gasteiger partial charge in [0.2, 0.25) is 0 Å². The van der Waals surface area contributed by atoms with Gasteiger partial charge in [-0.2, -0.15) is 0 Å². The van der Waals surface area contributed by atoms with Crippen molar-refractivity contribution in [1.29, 1.82) is 0 Å². The molecule has 2 rings (SSSR count). The van der Waals surface area contributed by atoms with Crippen LogP contribution in [0.1, 0.15) is 32.6 Å². The van der Waals surface area contributed by atoms with Crippen molar-refractivity contribution in [2.45, 2.75) is 44.7 Å². The third-order valence-corrected chi connectivity index (χ3v) is 4.23. The topological polar surface area (TPSA) is 48.9 Å². The Bertz CT molecular complexity index is 348. The first-order valence-corrected chi connectivity index (χ1v) is 8.26. The predicted molar refractivity (Wildman–Crippen MR) is 87.7 cm³/mol. The van der Waals surface area contributed by atoms with E-state index < -0.39 is 0 Å². The van der Waals surface area contributed by atoms with E-state index in [1.165, 1.54) is 19.4 Å². The molecule has 1 aliphatic carbocycles. The van der Waals surface area contributed by atoms with Gasteiger partial charge in [-0.15, -0.1) is 0 Å². The number of rotatable bonds is 7. The van der Waals surface area contributed by atoms with Gasteiger partial charge in [-0.25, -0.2) is 0 Å². The predicted octanol–water partition coefficient (Wildman–Crippen LogP) is 1.37. The number of guanidine groups is 1. The summed E-state index contributed by atoms with van der Waals surface area (Å²) in [7, 11) is 1.77. The van der Waals surface area contributed by atoms with Crippen molar-refractivity contribution in [2.75, 3.05) is 39.9 Å². The van der Waals surface area contributed by atoms with Gasteiger partial charge in [0.25, 0.3) is 0 Å². The van der Waals surface area contributed by atoms with Gasteiger partial charge in [0, 0.05) is 32.3 Å². The van der Waals surface area contributed by atoms with Crippen molar-refractivity contribution in [3.63, 3.8) is 0 Å². The Labute approximate surface area is 128 Å². The summed E-state index contributed by atoms with van der Waals surface area (Å²) >= 11 is 0. The Kier molecular flexibility index (Phi) is 7.03. The zero-order valence-corrected chi connectivity index (χ0v) is 13.5. The molecule has 1 fully saturated rings. The monoisotopic (exact) mass is 294 g/mol. The van der Waals surface area contributed by atoms with Crippen LogP contribution in [0.15, 0.2) is 17.1 Å². The summed E-state index contributed by atoms with van der Waals surface area (Å²) in [6.07, 6.45) is 9.22. The highest BCUT2D eigenvalue weighted by molar-refractivity contribution is 5.80. The molecule has 2 aliphatic rings. The maximum absolute atomic E-state index is 5.20. The molecule has 0 aromatic heterocycles. The van der Waals surface area contributed by atoms with Crippen LogP contribution in [0.2, 0.25) is 0 Å². The van der Waals surface area contributed by atoms with Crippen LogP contribution in [-0.2, 0) is 4.74 Å².